The highest BCUT2D eigenvalue weighted by Crippen LogP contribution is 2.44. The molecule has 0 radical (unpaired) electrons. The average Bonchev–Trinajstić information content (AvgIpc) is 3.27. The van der Waals surface area contributed by atoms with E-state index in [0.29, 0.717) is 37.4 Å². The first-order valence-corrected chi connectivity index (χ1v) is 9.79. The number of anilines is 1. The summed E-state index contributed by atoms with van der Waals surface area (Å²) in [4.78, 5) is 17.0. The van der Waals surface area contributed by atoms with Gasteiger partial charge >= 0.3 is 6.18 Å². The molecule has 2 aromatic rings. The van der Waals surface area contributed by atoms with Crippen molar-refractivity contribution in [2.75, 3.05) is 18.0 Å². The molecule has 1 aromatic heterocycles. The fourth-order valence-corrected chi connectivity index (χ4v) is 4.72. The van der Waals surface area contributed by atoms with Gasteiger partial charge in [-0.1, -0.05) is 19.8 Å². The van der Waals surface area contributed by atoms with Crippen molar-refractivity contribution in [3.05, 3.63) is 28.1 Å². The number of nitro benzene ring substituents is 1. The molecule has 1 saturated carbocycles. The molecular weight excluding hydrogens is 373 g/mol. The minimum Gasteiger partial charge on any atom is -0.364 e. The first-order valence-electron chi connectivity index (χ1n) is 9.79. The second kappa shape index (κ2) is 6.93. The number of nitrogens with zero attached hydrogens (tertiary/aromatic N) is 4. The molecule has 2 fully saturated rings. The summed E-state index contributed by atoms with van der Waals surface area (Å²) in [6, 6.07) is 2.51. The summed E-state index contributed by atoms with van der Waals surface area (Å²) >= 11 is 0. The molecule has 6 nitrogen and oxygen atoms in total. The molecule has 0 N–H and O–H groups in total. The van der Waals surface area contributed by atoms with Gasteiger partial charge in [-0.3, -0.25) is 10.1 Å². The molecule has 1 saturated heterocycles. The van der Waals surface area contributed by atoms with Gasteiger partial charge in [0.25, 0.3) is 5.69 Å². The highest BCUT2D eigenvalue weighted by atomic mass is 19.4. The Morgan fingerprint density at radius 3 is 2.50 bits per heavy atom. The molecule has 1 aliphatic heterocycles. The Labute approximate surface area is 160 Å². The van der Waals surface area contributed by atoms with Gasteiger partial charge in [0, 0.05) is 25.2 Å². The predicted octanol–water partition coefficient (Wildman–Crippen LogP) is 5.31. The van der Waals surface area contributed by atoms with E-state index in [4.69, 9.17) is 0 Å². The quantitative estimate of drug-likeness (QED) is 0.521. The third-order valence-electron chi connectivity index (χ3n) is 5.93. The lowest BCUT2D eigenvalue weighted by molar-refractivity contribution is -0.384. The fraction of sp³-hybridized carbons (Fsp3) is 0.632. The number of halogens is 3. The number of rotatable bonds is 3. The molecular formula is C19H23F3N4O2. The van der Waals surface area contributed by atoms with Crippen LogP contribution in [0.1, 0.15) is 57.3 Å². The van der Waals surface area contributed by atoms with E-state index in [0.717, 1.165) is 25.7 Å². The summed E-state index contributed by atoms with van der Waals surface area (Å²) in [5.74, 6) is -0.621. The van der Waals surface area contributed by atoms with Gasteiger partial charge in [0.2, 0.25) is 5.82 Å². The number of hydrogen-bond donors (Lipinski definition) is 0. The lowest BCUT2D eigenvalue weighted by atomic mass is 9.99. The third kappa shape index (κ3) is 3.20. The number of fused-ring (bicyclic) bond motifs is 1. The Hall–Kier alpha value is -2.32. The van der Waals surface area contributed by atoms with Crippen LogP contribution in [0.3, 0.4) is 0 Å². The first-order chi connectivity index (χ1) is 13.3. The van der Waals surface area contributed by atoms with Crippen molar-refractivity contribution in [3.63, 3.8) is 0 Å². The number of benzene rings is 1. The SMILES string of the molecule is C[C@@H]1CCCN(c2c([N+](=O)[O-])ccc3c2nc(C(F)(F)F)n3C2CCCC2)C1. The first kappa shape index (κ1) is 19.0. The molecule has 1 aromatic carbocycles. The van der Waals surface area contributed by atoms with Gasteiger partial charge < -0.3 is 9.47 Å². The number of nitro groups is 1. The van der Waals surface area contributed by atoms with Crippen LogP contribution in [-0.2, 0) is 6.18 Å². The molecule has 2 aliphatic rings. The Morgan fingerprint density at radius 2 is 1.89 bits per heavy atom. The van der Waals surface area contributed by atoms with E-state index in [-0.39, 0.29) is 22.9 Å². The minimum absolute atomic E-state index is 0.0996. The van der Waals surface area contributed by atoms with Crippen LogP contribution < -0.4 is 4.90 Å². The molecule has 2 heterocycles. The normalized spacial score (nSPS) is 21.6. The lowest BCUT2D eigenvalue weighted by Crippen LogP contribution is -2.34. The largest absolute Gasteiger partial charge is 0.449 e. The topological polar surface area (TPSA) is 64.2 Å². The fourth-order valence-electron chi connectivity index (χ4n) is 4.72. The summed E-state index contributed by atoms with van der Waals surface area (Å²) in [5, 5.41) is 11.7. The number of aromatic nitrogens is 2. The summed E-state index contributed by atoms with van der Waals surface area (Å²) in [5.41, 5.74) is 0.503. The minimum atomic E-state index is -4.61. The maximum absolute atomic E-state index is 13.8. The summed E-state index contributed by atoms with van der Waals surface area (Å²) in [6.07, 6.45) is 0.344. The van der Waals surface area contributed by atoms with Crippen LogP contribution in [0.2, 0.25) is 0 Å². The molecule has 0 unspecified atom stereocenters. The maximum Gasteiger partial charge on any atom is 0.449 e. The average molecular weight is 396 g/mol. The molecule has 28 heavy (non-hydrogen) atoms. The molecule has 1 aliphatic carbocycles. The summed E-state index contributed by atoms with van der Waals surface area (Å²) in [6.45, 7) is 3.22. The molecule has 0 amide bonds. The van der Waals surface area contributed by atoms with E-state index >= 15 is 0 Å². The van der Waals surface area contributed by atoms with Gasteiger partial charge in [-0.05, 0) is 37.7 Å². The molecule has 152 valence electrons. The number of imidazole rings is 1. The number of hydrogen-bond acceptors (Lipinski definition) is 4. The number of alkyl halides is 3. The van der Waals surface area contributed by atoms with Crippen molar-refractivity contribution in [2.24, 2.45) is 5.92 Å². The van der Waals surface area contributed by atoms with Gasteiger partial charge in [0.15, 0.2) is 0 Å². The van der Waals surface area contributed by atoms with Gasteiger partial charge in [-0.25, -0.2) is 4.98 Å². The van der Waals surface area contributed by atoms with E-state index in [1.165, 1.54) is 16.7 Å². The zero-order valence-corrected chi connectivity index (χ0v) is 15.7. The van der Waals surface area contributed by atoms with Crippen molar-refractivity contribution in [2.45, 2.75) is 57.7 Å². The van der Waals surface area contributed by atoms with Crippen LogP contribution in [0.25, 0.3) is 11.0 Å². The van der Waals surface area contributed by atoms with E-state index < -0.39 is 16.9 Å². The van der Waals surface area contributed by atoms with Crippen LogP contribution in [0.5, 0.6) is 0 Å². The summed E-state index contributed by atoms with van der Waals surface area (Å²) in [7, 11) is 0. The maximum atomic E-state index is 13.8. The van der Waals surface area contributed by atoms with E-state index in [9.17, 15) is 23.3 Å². The zero-order valence-electron chi connectivity index (χ0n) is 15.7. The van der Waals surface area contributed by atoms with Crippen molar-refractivity contribution in [1.82, 2.24) is 9.55 Å². The van der Waals surface area contributed by atoms with Crippen LogP contribution in [0.4, 0.5) is 24.5 Å². The van der Waals surface area contributed by atoms with Gasteiger partial charge in [-0.2, -0.15) is 13.2 Å². The third-order valence-corrected chi connectivity index (χ3v) is 5.93. The van der Waals surface area contributed by atoms with Gasteiger partial charge in [-0.15, -0.1) is 0 Å². The van der Waals surface area contributed by atoms with Gasteiger partial charge in [0.1, 0.15) is 11.2 Å². The lowest BCUT2D eigenvalue weighted by Gasteiger charge is -2.32. The zero-order chi connectivity index (χ0) is 20.1. The Balaban J connectivity index is 1.97. The standard InChI is InChI=1S/C19H23F3N4O2/c1-12-5-4-10-24(11-12)17-15(26(27)28)9-8-14-16(17)23-18(19(20,21)22)25(14)13-6-2-3-7-13/h8-9,12-13H,2-7,10-11H2,1H3/t12-/m1/s1. The molecule has 4 rings (SSSR count). The second-order valence-corrected chi connectivity index (χ2v) is 7.99. The smallest absolute Gasteiger partial charge is 0.364 e. The van der Waals surface area contributed by atoms with Crippen molar-refractivity contribution >= 4 is 22.4 Å². The number of piperidine rings is 1. The van der Waals surface area contributed by atoms with Crippen LogP contribution in [0.15, 0.2) is 12.1 Å². The van der Waals surface area contributed by atoms with Gasteiger partial charge in [0.05, 0.1) is 10.4 Å². The molecule has 0 spiro atoms. The highest BCUT2D eigenvalue weighted by molar-refractivity contribution is 5.95. The molecule has 9 heteroatoms. The van der Waals surface area contributed by atoms with E-state index in [2.05, 4.69) is 11.9 Å². The predicted molar refractivity (Wildman–Crippen MR) is 99.5 cm³/mol. The molecule has 0 bridgehead atoms. The van der Waals surface area contributed by atoms with Crippen molar-refractivity contribution in [1.29, 1.82) is 0 Å². The second-order valence-electron chi connectivity index (χ2n) is 7.99. The monoisotopic (exact) mass is 396 g/mol. The van der Waals surface area contributed by atoms with Crippen LogP contribution >= 0.6 is 0 Å². The van der Waals surface area contributed by atoms with Crippen LogP contribution in [0, 0.1) is 16.0 Å². The molecule has 1 atom stereocenters. The Morgan fingerprint density at radius 1 is 1.18 bits per heavy atom. The highest BCUT2D eigenvalue weighted by Gasteiger charge is 2.41. The Bertz CT molecular complexity index is 903. The van der Waals surface area contributed by atoms with Crippen molar-refractivity contribution < 1.29 is 18.1 Å². The van der Waals surface area contributed by atoms with Crippen molar-refractivity contribution in [3.8, 4) is 0 Å². The van der Waals surface area contributed by atoms with E-state index in [1.807, 2.05) is 4.90 Å². The summed E-state index contributed by atoms with van der Waals surface area (Å²) < 4.78 is 42.7. The van der Waals surface area contributed by atoms with Crippen LogP contribution in [-0.4, -0.2) is 27.6 Å². The van der Waals surface area contributed by atoms with E-state index in [1.54, 1.807) is 0 Å². The Kier molecular flexibility index (Phi) is 4.71.